The number of rotatable bonds is 4. The third kappa shape index (κ3) is 5.32. The zero-order valence-corrected chi connectivity index (χ0v) is 13.7. The summed E-state index contributed by atoms with van der Waals surface area (Å²) in [6, 6.07) is 3.50. The molecular formula is C13H18ClF3N2O3S. The van der Waals surface area contributed by atoms with Crippen LogP contribution in [0.2, 0.25) is 0 Å². The average molecular weight is 375 g/mol. The molecule has 1 aliphatic heterocycles. The van der Waals surface area contributed by atoms with Gasteiger partial charge in [-0.15, -0.1) is 12.4 Å². The molecule has 10 heteroatoms. The number of piperidine rings is 1. The van der Waals surface area contributed by atoms with Crippen molar-refractivity contribution in [3.05, 3.63) is 29.8 Å². The zero-order chi connectivity index (χ0) is 16.4. The molecule has 2 rings (SSSR count). The lowest BCUT2D eigenvalue weighted by Gasteiger charge is -2.32. The molecule has 132 valence electrons. The first-order valence-corrected chi connectivity index (χ1v) is 8.21. The van der Waals surface area contributed by atoms with Crippen LogP contribution in [0, 0.1) is 0 Å². The number of hydrogen-bond acceptors (Lipinski definition) is 4. The maximum absolute atomic E-state index is 12.6. The lowest BCUT2D eigenvalue weighted by Crippen LogP contribution is -2.52. The Morgan fingerprint density at radius 1 is 1.35 bits per heavy atom. The average Bonchev–Trinajstić information content (AvgIpc) is 2.46. The largest absolute Gasteiger partial charge is 0.416 e. The van der Waals surface area contributed by atoms with Crippen LogP contribution in [-0.4, -0.2) is 38.8 Å². The second kappa shape index (κ2) is 7.35. The molecule has 23 heavy (non-hydrogen) atoms. The van der Waals surface area contributed by atoms with Gasteiger partial charge in [0.1, 0.15) is 0 Å². The summed E-state index contributed by atoms with van der Waals surface area (Å²) < 4.78 is 64.2. The van der Waals surface area contributed by atoms with Crippen molar-refractivity contribution in [3.63, 3.8) is 0 Å². The molecule has 0 spiro atoms. The van der Waals surface area contributed by atoms with E-state index in [0.29, 0.717) is 18.9 Å². The van der Waals surface area contributed by atoms with Gasteiger partial charge in [-0.3, -0.25) is 0 Å². The Hall–Kier alpha value is -0.870. The molecule has 1 fully saturated rings. The Bertz CT molecular complexity index is 632. The van der Waals surface area contributed by atoms with Gasteiger partial charge in [-0.25, -0.2) is 13.1 Å². The number of halogens is 4. The van der Waals surface area contributed by atoms with E-state index >= 15 is 0 Å². The molecule has 0 saturated carbocycles. The quantitative estimate of drug-likeness (QED) is 0.746. The number of β-amino-alcohol motifs (C(OH)–C–C–N with tert-alkyl or cyclic N) is 1. The Labute approximate surface area is 138 Å². The minimum atomic E-state index is -4.61. The number of sulfonamides is 1. The highest BCUT2D eigenvalue weighted by Gasteiger charge is 2.33. The van der Waals surface area contributed by atoms with Crippen molar-refractivity contribution in [2.45, 2.75) is 29.5 Å². The molecule has 0 aliphatic carbocycles. The van der Waals surface area contributed by atoms with E-state index in [0.717, 1.165) is 24.7 Å². The molecule has 0 bridgehead atoms. The molecule has 1 aromatic rings. The van der Waals surface area contributed by atoms with Gasteiger partial charge in [0, 0.05) is 13.1 Å². The van der Waals surface area contributed by atoms with Gasteiger partial charge in [0.2, 0.25) is 10.0 Å². The van der Waals surface area contributed by atoms with E-state index in [9.17, 15) is 26.7 Å². The fourth-order valence-electron chi connectivity index (χ4n) is 2.26. The van der Waals surface area contributed by atoms with Crippen LogP contribution in [0.5, 0.6) is 0 Å². The highest BCUT2D eigenvalue weighted by Crippen LogP contribution is 2.30. The third-order valence-corrected chi connectivity index (χ3v) is 4.91. The van der Waals surface area contributed by atoms with E-state index in [1.165, 1.54) is 0 Å². The smallest absolute Gasteiger partial charge is 0.387 e. The molecule has 0 aromatic heterocycles. The van der Waals surface area contributed by atoms with Gasteiger partial charge in [0.25, 0.3) is 0 Å². The maximum Gasteiger partial charge on any atom is 0.416 e. The maximum atomic E-state index is 12.6. The van der Waals surface area contributed by atoms with E-state index in [1.54, 1.807) is 0 Å². The molecule has 1 saturated heterocycles. The summed E-state index contributed by atoms with van der Waals surface area (Å²) in [5, 5.41) is 13.1. The van der Waals surface area contributed by atoms with Crippen LogP contribution >= 0.6 is 12.4 Å². The van der Waals surface area contributed by atoms with Crippen molar-refractivity contribution in [1.29, 1.82) is 0 Å². The van der Waals surface area contributed by atoms with Crippen LogP contribution in [-0.2, 0) is 16.2 Å². The van der Waals surface area contributed by atoms with Gasteiger partial charge in [-0.1, -0.05) is 6.07 Å². The van der Waals surface area contributed by atoms with E-state index in [2.05, 4.69) is 10.0 Å². The second-order valence-electron chi connectivity index (χ2n) is 5.35. The number of alkyl halides is 3. The summed E-state index contributed by atoms with van der Waals surface area (Å²) in [5.41, 5.74) is -2.26. The first-order chi connectivity index (χ1) is 10.1. The molecule has 1 atom stereocenters. The summed E-state index contributed by atoms with van der Waals surface area (Å²) in [4.78, 5) is -0.477. The van der Waals surface area contributed by atoms with Gasteiger partial charge >= 0.3 is 6.18 Å². The van der Waals surface area contributed by atoms with Crippen molar-refractivity contribution in [2.24, 2.45) is 0 Å². The van der Waals surface area contributed by atoms with Gasteiger partial charge in [0.05, 0.1) is 16.1 Å². The normalized spacial score (nSPS) is 22.4. The molecule has 1 unspecified atom stereocenters. The summed E-state index contributed by atoms with van der Waals surface area (Å²) in [7, 11) is -4.12. The molecule has 5 nitrogen and oxygen atoms in total. The van der Waals surface area contributed by atoms with Crippen LogP contribution in [0.3, 0.4) is 0 Å². The Morgan fingerprint density at radius 3 is 2.61 bits per heavy atom. The standard InChI is InChI=1S/C13H17F3N2O3S.ClH/c14-13(15,16)10-3-1-4-11(7-10)22(20,21)18-9-12(19)5-2-6-17-8-12;/h1,3-4,7,17-19H,2,5-6,8-9H2;1H. The molecule has 1 heterocycles. The predicted molar refractivity (Wildman–Crippen MR) is 80.9 cm³/mol. The van der Waals surface area contributed by atoms with E-state index in [4.69, 9.17) is 0 Å². The van der Waals surface area contributed by atoms with Crippen LogP contribution in [0.15, 0.2) is 29.2 Å². The fourth-order valence-corrected chi connectivity index (χ4v) is 3.42. The van der Waals surface area contributed by atoms with Gasteiger partial charge < -0.3 is 10.4 Å². The minimum absolute atomic E-state index is 0. The highest BCUT2D eigenvalue weighted by atomic mass is 35.5. The summed E-state index contributed by atoms with van der Waals surface area (Å²) >= 11 is 0. The number of benzene rings is 1. The van der Waals surface area contributed by atoms with Crippen molar-refractivity contribution in [1.82, 2.24) is 10.0 Å². The molecule has 0 amide bonds. The number of aliphatic hydroxyl groups is 1. The van der Waals surface area contributed by atoms with Gasteiger partial charge in [-0.2, -0.15) is 13.2 Å². The van der Waals surface area contributed by atoms with Gasteiger partial charge in [0.15, 0.2) is 0 Å². The second-order valence-corrected chi connectivity index (χ2v) is 7.12. The monoisotopic (exact) mass is 374 g/mol. The first kappa shape index (κ1) is 20.2. The molecule has 3 N–H and O–H groups in total. The lowest BCUT2D eigenvalue weighted by molar-refractivity contribution is -0.137. The summed E-state index contributed by atoms with van der Waals surface area (Å²) in [6.07, 6.45) is -3.50. The van der Waals surface area contributed by atoms with Crippen molar-refractivity contribution in [2.75, 3.05) is 19.6 Å². The van der Waals surface area contributed by atoms with E-state index in [1.807, 2.05) is 0 Å². The molecule has 0 radical (unpaired) electrons. The first-order valence-electron chi connectivity index (χ1n) is 6.72. The van der Waals surface area contributed by atoms with Crippen molar-refractivity contribution in [3.8, 4) is 0 Å². The molecular weight excluding hydrogens is 357 g/mol. The van der Waals surface area contributed by atoms with E-state index in [-0.39, 0.29) is 25.5 Å². The Balaban J connectivity index is 0.00000264. The van der Waals surface area contributed by atoms with Crippen molar-refractivity contribution >= 4 is 22.4 Å². The summed E-state index contributed by atoms with van der Waals surface area (Å²) in [6.45, 7) is 0.722. The third-order valence-electron chi connectivity index (χ3n) is 3.51. The van der Waals surface area contributed by atoms with E-state index < -0.39 is 32.3 Å². The lowest BCUT2D eigenvalue weighted by atomic mass is 9.95. The minimum Gasteiger partial charge on any atom is -0.387 e. The zero-order valence-electron chi connectivity index (χ0n) is 12.1. The van der Waals surface area contributed by atoms with Crippen molar-refractivity contribution < 1.29 is 26.7 Å². The van der Waals surface area contributed by atoms with Crippen LogP contribution in [0.25, 0.3) is 0 Å². The SMILES string of the molecule is Cl.O=S(=O)(NCC1(O)CCCNC1)c1cccc(C(F)(F)F)c1. The van der Waals surface area contributed by atoms with Crippen LogP contribution < -0.4 is 10.0 Å². The predicted octanol–water partition coefficient (Wildman–Crippen LogP) is 1.52. The van der Waals surface area contributed by atoms with Crippen LogP contribution in [0.1, 0.15) is 18.4 Å². The topological polar surface area (TPSA) is 78.4 Å². The Kier molecular flexibility index (Phi) is 6.45. The molecule has 1 aromatic carbocycles. The van der Waals surface area contributed by atoms with Crippen LogP contribution in [0.4, 0.5) is 13.2 Å². The highest BCUT2D eigenvalue weighted by molar-refractivity contribution is 7.89. The number of hydrogen-bond donors (Lipinski definition) is 3. The molecule has 1 aliphatic rings. The summed E-state index contributed by atoms with van der Waals surface area (Å²) in [5.74, 6) is 0. The fraction of sp³-hybridized carbons (Fsp3) is 0.538. The number of nitrogens with one attached hydrogen (secondary N) is 2. The Morgan fingerprint density at radius 2 is 2.04 bits per heavy atom. The van der Waals surface area contributed by atoms with Gasteiger partial charge in [-0.05, 0) is 37.6 Å².